The number of esters is 3. The van der Waals surface area contributed by atoms with Crippen LogP contribution in [0.4, 0.5) is 0 Å². The van der Waals surface area contributed by atoms with E-state index < -0.39 is 113 Å². The van der Waals surface area contributed by atoms with Crippen LogP contribution in [-0.2, 0) is 42.8 Å². The maximum Gasteiger partial charge on any atom is 0.342 e. The molecule has 0 amide bonds. The highest BCUT2D eigenvalue weighted by Gasteiger charge is 3.02. The summed E-state index contributed by atoms with van der Waals surface area (Å²) in [5.41, 5.74) is -7.68. The molecule has 0 bridgehead atoms. The Morgan fingerprint density at radius 3 is 2.26 bits per heavy atom. The predicted molar refractivity (Wildman–Crippen MR) is 118 cm³/mol. The molecule has 0 aromatic heterocycles. The average Bonchev–Trinajstić information content (AvgIpc) is 3.57. The number of aliphatic hydroxyl groups is 5. The number of hydrogen-bond acceptors (Lipinski definition) is 14. The second-order valence-corrected chi connectivity index (χ2v) is 13.1. The topological polar surface area (TPSA) is 208 Å². The molecule has 5 saturated heterocycles. The van der Waals surface area contributed by atoms with E-state index in [0.717, 1.165) is 0 Å². The molecule has 7 fully saturated rings. The fourth-order valence-corrected chi connectivity index (χ4v) is 9.41. The summed E-state index contributed by atoms with van der Waals surface area (Å²) in [6.45, 7) is 7.24. The van der Waals surface area contributed by atoms with E-state index in [9.17, 15) is 39.9 Å². The van der Waals surface area contributed by atoms with E-state index >= 15 is 0 Å². The Morgan fingerprint density at radius 2 is 1.59 bits per heavy atom. The predicted octanol–water partition coefficient (Wildman–Crippen LogP) is -2.56. The van der Waals surface area contributed by atoms with Crippen LogP contribution in [0.3, 0.4) is 0 Å². The van der Waals surface area contributed by atoms with Crippen LogP contribution in [0.2, 0.25) is 0 Å². The van der Waals surface area contributed by atoms with Crippen molar-refractivity contribution in [2.45, 2.75) is 107 Å². The van der Waals surface area contributed by atoms with E-state index in [4.69, 9.17) is 28.4 Å². The van der Waals surface area contributed by atoms with Crippen LogP contribution in [0, 0.1) is 28.1 Å². The lowest BCUT2D eigenvalue weighted by molar-refractivity contribution is -0.378. The summed E-state index contributed by atoms with van der Waals surface area (Å²) in [5, 5.41) is 52.7. The Bertz CT molecular complexity index is 1170. The number of hydrogen-bond donors (Lipinski definition) is 5. The van der Waals surface area contributed by atoms with E-state index in [2.05, 4.69) is 0 Å². The van der Waals surface area contributed by atoms with Gasteiger partial charge in [-0.1, -0.05) is 20.8 Å². The fraction of sp³-hybridized carbons (Fsp3) is 0.880. The van der Waals surface area contributed by atoms with Gasteiger partial charge < -0.3 is 54.0 Å². The normalized spacial score (nSPS) is 59.0. The molecule has 2 aliphatic carbocycles. The summed E-state index contributed by atoms with van der Waals surface area (Å²) in [6.07, 6.45) is -14.4. The summed E-state index contributed by atoms with van der Waals surface area (Å²) in [5.74, 6) is -4.24. The molecule has 2 saturated carbocycles. The van der Waals surface area contributed by atoms with Gasteiger partial charge in [0.25, 0.3) is 0 Å². The van der Waals surface area contributed by atoms with Crippen LogP contribution in [0.25, 0.3) is 0 Å². The lowest BCUT2D eigenvalue weighted by Gasteiger charge is -2.48. The Balaban J connectivity index is 1.45. The highest BCUT2D eigenvalue weighted by molar-refractivity contribution is 5.93. The van der Waals surface area contributed by atoms with Gasteiger partial charge in [-0.25, -0.2) is 9.59 Å². The third-order valence-corrected chi connectivity index (χ3v) is 10.8. The van der Waals surface area contributed by atoms with E-state index in [1.54, 1.807) is 0 Å². The molecule has 0 unspecified atom stereocenters. The monoisotopic (exact) mass is 556 g/mol. The van der Waals surface area contributed by atoms with Gasteiger partial charge in [0, 0.05) is 6.42 Å². The minimum atomic E-state index is -2.16. The van der Waals surface area contributed by atoms with Crippen molar-refractivity contribution in [2.75, 3.05) is 0 Å². The number of rotatable bonds is 2. The number of carbonyl (C=O) groups is 3. The molecule has 0 aromatic rings. The van der Waals surface area contributed by atoms with Crippen molar-refractivity contribution in [3.8, 4) is 0 Å². The third kappa shape index (κ3) is 2.40. The van der Waals surface area contributed by atoms with Gasteiger partial charge in [-0.05, 0) is 24.7 Å². The van der Waals surface area contributed by atoms with Crippen molar-refractivity contribution in [1.29, 1.82) is 0 Å². The Kier molecular flexibility index (Phi) is 4.86. The Labute approximate surface area is 222 Å². The Morgan fingerprint density at radius 1 is 0.897 bits per heavy atom. The Hall–Kier alpha value is -1.91. The minimum Gasteiger partial charge on any atom is -0.459 e. The first-order valence-corrected chi connectivity index (χ1v) is 13.2. The lowest BCUT2D eigenvalue weighted by Crippen LogP contribution is -2.70. The van der Waals surface area contributed by atoms with Crippen LogP contribution in [0.1, 0.15) is 40.5 Å². The summed E-state index contributed by atoms with van der Waals surface area (Å²) in [6, 6.07) is 0. The standard InChI is InChI=1S/C25H32O14/c1-7-15(30)34-10-6-22-9-5-8(21(2,3)4)23(22)14(29)17(32)37-20(23)39-25(22,19(33)35-9)24(7,10)38-18-13(28)11(26)12(27)16(31)36-18/h7-14,16,18,20,26-29,31H,5-6H2,1-4H3/t7-,8+,9-,10+,11+,12+,13-,14+,16+,18+,20+,22-,23+,24-,25-/m1/s1. The summed E-state index contributed by atoms with van der Waals surface area (Å²) in [4.78, 5) is 40.0. The minimum absolute atomic E-state index is 0.104. The molecule has 216 valence electrons. The zero-order valence-electron chi connectivity index (χ0n) is 21.7. The molecule has 5 aliphatic heterocycles. The lowest BCUT2D eigenvalue weighted by atomic mass is 9.51. The maximum absolute atomic E-state index is 14.1. The smallest absolute Gasteiger partial charge is 0.342 e. The molecular formula is C25H32O14. The van der Waals surface area contributed by atoms with E-state index in [1.807, 2.05) is 20.8 Å². The largest absolute Gasteiger partial charge is 0.459 e. The summed E-state index contributed by atoms with van der Waals surface area (Å²) in [7, 11) is 0. The average molecular weight is 557 g/mol. The first-order chi connectivity index (χ1) is 18.1. The molecule has 14 heteroatoms. The highest BCUT2D eigenvalue weighted by Crippen LogP contribution is 2.85. The zero-order chi connectivity index (χ0) is 28.2. The quantitative estimate of drug-likeness (QED) is 0.175. The second kappa shape index (κ2) is 7.29. The third-order valence-electron chi connectivity index (χ3n) is 10.8. The van der Waals surface area contributed by atoms with Crippen LogP contribution in [0.15, 0.2) is 0 Å². The van der Waals surface area contributed by atoms with Crippen LogP contribution < -0.4 is 0 Å². The maximum atomic E-state index is 14.1. The van der Waals surface area contributed by atoms with E-state index in [0.29, 0.717) is 0 Å². The number of carbonyl (C=O) groups excluding carboxylic acids is 3. The number of ether oxygens (including phenoxy) is 6. The van der Waals surface area contributed by atoms with Gasteiger partial charge in [0.05, 0.1) is 16.7 Å². The van der Waals surface area contributed by atoms with E-state index in [-0.39, 0.29) is 12.8 Å². The van der Waals surface area contributed by atoms with Crippen molar-refractivity contribution in [1.82, 2.24) is 0 Å². The molecule has 7 aliphatic rings. The molecule has 0 radical (unpaired) electrons. The van der Waals surface area contributed by atoms with Crippen molar-refractivity contribution >= 4 is 17.9 Å². The summed E-state index contributed by atoms with van der Waals surface area (Å²) >= 11 is 0. The summed E-state index contributed by atoms with van der Waals surface area (Å²) < 4.78 is 35.3. The highest BCUT2D eigenvalue weighted by atomic mass is 16.8. The zero-order valence-corrected chi connectivity index (χ0v) is 21.7. The van der Waals surface area contributed by atoms with Crippen LogP contribution >= 0.6 is 0 Å². The van der Waals surface area contributed by atoms with Gasteiger partial charge in [-0.2, -0.15) is 0 Å². The van der Waals surface area contributed by atoms with Gasteiger partial charge in [-0.3, -0.25) is 4.79 Å². The first-order valence-electron chi connectivity index (χ1n) is 13.2. The van der Waals surface area contributed by atoms with Gasteiger partial charge in [0.1, 0.15) is 30.5 Å². The molecule has 39 heavy (non-hydrogen) atoms. The molecule has 2 spiro atoms. The second-order valence-electron chi connectivity index (χ2n) is 13.1. The molecule has 7 rings (SSSR count). The molecule has 14 nitrogen and oxygen atoms in total. The van der Waals surface area contributed by atoms with Crippen LogP contribution in [-0.4, -0.2) is 110 Å². The van der Waals surface area contributed by atoms with Gasteiger partial charge >= 0.3 is 17.9 Å². The first kappa shape index (κ1) is 26.0. The van der Waals surface area contributed by atoms with E-state index in [1.165, 1.54) is 6.92 Å². The van der Waals surface area contributed by atoms with Crippen molar-refractivity contribution < 1.29 is 68.3 Å². The van der Waals surface area contributed by atoms with Crippen molar-refractivity contribution in [3.63, 3.8) is 0 Å². The molecular weight excluding hydrogens is 524 g/mol. The van der Waals surface area contributed by atoms with Crippen LogP contribution in [0.5, 0.6) is 0 Å². The van der Waals surface area contributed by atoms with Gasteiger partial charge in [0.15, 0.2) is 24.3 Å². The molecule has 15 atom stereocenters. The molecule has 0 aromatic carbocycles. The number of fused-ring (bicyclic) bond motifs is 1. The fourth-order valence-electron chi connectivity index (χ4n) is 9.41. The van der Waals surface area contributed by atoms with Crippen molar-refractivity contribution in [3.05, 3.63) is 0 Å². The molecule has 5 heterocycles. The molecule has 5 N–H and O–H groups in total. The SMILES string of the molecule is C[C@@H]1C(=O)O[C@H]2C[C@@]34[C@H]5C[C@@H](C(C)(C)C)[C@]36[C@@H](OC(=O)[C@@H]6O)O[C@@]4(C(=O)O5)[C@]21O[C@@H]1O[C@H](O)[C@@H](O)[C@H](O)[C@H]1O. The van der Waals surface area contributed by atoms with Crippen molar-refractivity contribution in [2.24, 2.45) is 28.1 Å². The van der Waals surface area contributed by atoms with Gasteiger partial charge in [-0.15, -0.1) is 0 Å². The number of aliphatic hydroxyl groups excluding tert-OH is 5. The van der Waals surface area contributed by atoms with Gasteiger partial charge in [0.2, 0.25) is 11.9 Å².